The van der Waals surface area contributed by atoms with E-state index in [2.05, 4.69) is 10.3 Å². The van der Waals surface area contributed by atoms with Gasteiger partial charge in [0.25, 0.3) is 0 Å². The largest absolute Gasteiger partial charge is 0.322 e. The van der Waals surface area contributed by atoms with Gasteiger partial charge >= 0.3 is 0 Å². The van der Waals surface area contributed by atoms with Gasteiger partial charge in [-0.1, -0.05) is 16.8 Å². The van der Waals surface area contributed by atoms with Crippen molar-refractivity contribution < 1.29 is 0 Å². The zero-order chi connectivity index (χ0) is 12.3. The molecule has 0 fully saturated rings. The number of hydrogen-bond acceptors (Lipinski definition) is 4. The lowest BCUT2D eigenvalue weighted by Crippen LogP contribution is -2.16. The number of aryl methyl sites for hydroxylation is 1. The summed E-state index contributed by atoms with van der Waals surface area (Å²) in [5.41, 5.74) is 7.01. The quantitative estimate of drug-likeness (QED) is 0.865. The highest BCUT2D eigenvalue weighted by atomic mass is 35.5. The van der Waals surface area contributed by atoms with Crippen LogP contribution in [0, 0.1) is 0 Å². The van der Waals surface area contributed by atoms with Crippen LogP contribution in [0.4, 0.5) is 0 Å². The molecule has 4 nitrogen and oxygen atoms in total. The smallest absolute Gasteiger partial charge is 0.0759 e. The summed E-state index contributed by atoms with van der Waals surface area (Å²) in [5, 5.41) is 8.42. The fraction of sp³-hybridized carbons (Fsp3) is 0.273. The van der Waals surface area contributed by atoms with Crippen molar-refractivity contribution in [2.75, 3.05) is 5.75 Å². The summed E-state index contributed by atoms with van der Waals surface area (Å²) < 4.78 is 1.70. The lowest BCUT2D eigenvalue weighted by molar-refractivity contribution is 0.640. The number of nitrogens with two attached hydrogens (primary N) is 1. The molecule has 0 bridgehead atoms. The highest BCUT2D eigenvalue weighted by molar-refractivity contribution is 7.99. The normalized spacial score (nSPS) is 12.6. The molecule has 1 heterocycles. The molecule has 1 aromatic carbocycles. The van der Waals surface area contributed by atoms with Crippen LogP contribution in [0.15, 0.2) is 35.4 Å². The number of rotatable bonds is 4. The summed E-state index contributed by atoms with van der Waals surface area (Å²) in [5.74, 6) is 0.781. The monoisotopic (exact) mass is 268 g/mol. The molecule has 2 aromatic rings. The molecule has 0 aliphatic heterocycles. The standard InChI is InChI=1S/C11H13ClN4S/c1-16-11(6-14-15-16)10(13)7-17-9-4-2-8(12)3-5-9/h2-6,10H,7,13H2,1H3. The second-order valence-electron chi connectivity index (χ2n) is 3.65. The molecule has 0 saturated heterocycles. The number of benzene rings is 1. The Morgan fingerprint density at radius 3 is 2.71 bits per heavy atom. The topological polar surface area (TPSA) is 56.7 Å². The first-order valence-corrected chi connectivity index (χ1v) is 6.51. The summed E-state index contributed by atoms with van der Waals surface area (Å²) >= 11 is 7.51. The summed E-state index contributed by atoms with van der Waals surface area (Å²) in [6, 6.07) is 7.65. The van der Waals surface area contributed by atoms with Crippen LogP contribution in [0.25, 0.3) is 0 Å². The molecule has 90 valence electrons. The third-order valence-electron chi connectivity index (χ3n) is 2.37. The summed E-state index contributed by atoms with van der Waals surface area (Å²) in [4.78, 5) is 1.15. The first-order chi connectivity index (χ1) is 8.16. The Hall–Kier alpha value is -1.04. The molecule has 6 heteroatoms. The first kappa shape index (κ1) is 12.4. The molecule has 2 rings (SSSR count). The SMILES string of the molecule is Cn1nncc1C(N)CSc1ccc(Cl)cc1. The van der Waals surface area contributed by atoms with Gasteiger partial charge in [-0.2, -0.15) is 0 Å². The van der Waals surface area contributed by atoms with Gasteiger partial charge in [-0.15, -0.1) is 16.9 Å². The predicted octanol–water partition coefficient (Wildman–Crippen LogP) is 2.26. The Kier molecular flexibility index (Phi) is 4.04. The van der Waals surface area contributed by atoms with E-state index < -0.39 is 0 Å². The Morgan fingerprint density at radius 1 is 1.41 bits per heavy atom. The van der Waals surface area contributed by atoms with Crippen molar-refractivity contribution in [3.63, 3.8) is 0 Å². The van der Waals surface area contributed by atoms with Gasteiger partial charge in [0.15, 0.2) is 0 Å². The third-order valence-corrected chi connectivity index (χ3v) is 3.76. The van der Waals surface area contributed by atoms with Gasteiger partial charge in [-0.05, 0) is 24.3 Å². The number of nitrogens with zero attached hydrogens (tertiary/aromatic N) is 3. The molecular formula is C11H13ClN4S. The van der Waals surface area contributed by atoms with Crippen molar-refractivity contribution in [1.82, 2.24) is 15.0 Å². The van der Waals surface area contributed by atoms with Crippen molar-refractivity contribution in [1.29, 1.82) is 0 Å². The maximum absolute atomic E-state index is 6.07. The second-order valence-corrected chi connectivity index (χ2v) is 5.18. The fourth-order valence-electron chi connectivity index (χ4n) is 1.44. The van der Waals surface area contributed by atoms with E-state index >= 15 is 0 Å². The van der Waals surface area contributed by atoms with Crippen molar-refractivity contribution in [2.24, 2.45) is 12.8 Å². The zero-order valence-electron chi connectivity index (χ0n) is 9.38. The van der Waals surface area contributed by atoms with E-state index in [4.69, 9.17) is 17.3 Å². The number of hydrogen-bond donors (Lipinski definition) is 1. The van der Waals surface area contributed by atoms with Crippen LogP contribution in [0.2, 0.25) is 5.02 Å². The van der Waals surface area contributed by atoms with Crippen LogP contribution in [0.1, 0.15) is 11.7 Å². The minimum atomic E-state index is -0.0734. The molecule has 1 aromatic heterocycles. The maximum Gasteiger partial charge on any atom is 0.0759 e. The van der Waals surface area contributed by atoms with E-state index in [1.165, 1.54) is 0 Å². The highest BCUT2D eigenvalue weighted by Crippen LogP contribution is 2.24. The Morgan fingerprint density at radius 2 is 2.12 bits per heavy atom. The van der Waals surface area contributed by atoms with E-state index in [1.807, 2.05) is 31.3 Å². The molecular weight excluding hydrogens is 256 g/mol. The van der Waals surface area contributed by atoms with Crippen LogP contribution < -0.4 is 5.73 Å². The number of aromatic nitrogens is 3. The Balaban J connectivity index is 1.94. The molecule has 0 radical (unpaired) electrons. The van der Waals surface area contributed by atoms with E-state index in [0.29, 0.717) is 0 Å². The molecule has 1 atom stereocenters. The average molecular weight is 269 g/mol. The highest BCUT2D eigenvalue weighted by Gasteiger charge is 2.11. The Labute approximate surface area is 109 Å². The van der Waals surface area contributed by atoms with Crippen LogP contribution in [0.3, 0.4) is 0 Å². The fourth-order valence-corrected chi connectivity index (χ4v) is 2.43. The van der Waals surface area contributed by atoms with Gasteiger partial charge in [-0.3, -0.25) is 4.68 Å². The van der Waals surface area contributed by atoms with Crippen LogP contribution in [-0.2, 0) is 7.05 Å². The van der Waals surface area contributed by atoms with Crippen molar-refractivity contribution >= 4 is 23.4 Å². The molecule has 0 spiro atoms. The van der Waals surface area contributed by atoms with Crippen LogP contribution in [-0.4, -0.2) is 20.7 Å². The van der Waals surface area contributed by atoms with E-state index in [-0.39, 0.29) is 6.04 Å². The Bertz CT molecular complexity index is 482. The average Bonchev–Trinajstić information content (AvgIpc) is 2.74. The van der Waals surface area contributed by atoms with E-state index in [1.54, 1.807) is 22.6 Å². The predicted molar refractivity (Wildman–Crippen MR) is 70.1 cm³/mol. The molecule has 2 N–H and O–H groups in total. The van der Waals surface area contributed by atoms with Crippen molar-refractivity contribution in [3.05, 3.63) is 41.2 Å². The van der Waals surface area contributed by atoms with Gasteiger partial charge < -0.3 is 5.73 Å². The lowest BCUT2D eigenvalue weighted by atomic mass is 10.3. The molecule has 0 aliphatic rings. The molecule has 17 heavy (non-hydrogen) atoms. The van der Waals surface area contributed by atoms with Crippen molar-refractivity contribution in [2.45, 2.75) is 10.9 Å². The van der Waals surface area contributed by atoms with Gasteiger partial charge in [0.2, 0.25) is 0 Å². The summed E-state index contributed by atoms with van der Waals surface area (Å²) in [6.07, 6.45) is 1.70. The number of halogens is 1. The second kappa shape index (κ2) is 5.53. The van der Waals surface area contributed by atoms with Gasteiger partial charge in [0.1, 0.15) is 0 Å². The van der Waals surface area contributed by atoms with Crippen LogP contribution >= 0.6 is 23.4 Å². The van der Waals surface area contributed by atoms with Gasteiger partial charge in [0.05, 0.1) is 17.9 Å². The minimum Gasteiger partial charge on any atom is -0.322 e. The van der Waals surface area contributed by atoms with Gasteiger partial charge in [-0.25, -0.2) is 0 Å². The summed E-state index contributed by atoms with van der Waals surface area (Å²) in [6.45, 7) is 0. The minimum absolute atomic E-state index is 0.0734. The van der Waals surface area contributed by atoms with Gasteiger partial charge in [0, 0.05) is 22.7 Å². The summed E-state index contributed by atoms with van der Waals surface area (Å²) in [7, 11) is 1.84. The zero-order valence-corrected chi connectivity index (χ0v) is 10.9. The van der Waals surface area contributed by atoms with Crippen molar-refractivity contribution in [3.8, 4) is 0 Å². The number of thioether (sulfide) groups is 1. The van der Waals surface area contributed by atoms with Crippen LogP contribution in [0.5, 0.6) is 0 Å². The molecule has 0 aliphatic carbocycles. The molecule has 1 unspecified atom stereocenters. The van der Waals surface area contributed by atoms with E-state index in [0.717, 1.165) is 21.4 Å². The molecule has 0 saturated carbocycles. The maximum atomic E-state index is 6.07. The first-order valence-electron chi connectivity index (χ1n) is 5.15. The molecule has 0 amide bonds. The van der Waals surface area contributed by atoms with E-state index in [9.17, 15) is 0 Å². The lowest BCUT2D eigenvalue weighted by Gasteiger charge is -2.10. The third kappa shape index (κ3) is 3.21.